The summed E-state index contributed by atoms with van der Waals surface area (Å²) in [5.41, 5.74) is 2.22. The maximum absolute atomic E-state index is 15.2. The molecular formula is C29H26FN5O5. The quantitative estimate of drug-likeness (QED) is 0.166. The molecule has 4 rings (SSSR count). The number of fused-ring (bicyclic) bond motifs is 1. The van der Waals surface area contributed by atoms with Crippen molar-refractivity contribution in [1.29, 1.82) is 0 Å². The highest BCUT2D eigenvalue weighted by Crippen LogP contribution is 2.25. The molecule has 1 aromatic heterocycles. The molecule has 11 heteroatoms. The summed E-state index contributed by atoms with van der Waals surface area (Å²) in [5.74, 6) is 1.44. The van der Waals surface area contributed by atoms with E-state index in [0.717, 1.165) is 11.1 Å². The number of hydrogen-bond donors (Lipinski definition) is 3. The fraction of sp³-hybridized carbons (Fsp3) is 0.207. The molecule has 0 aliphatic heterocycles. The Balaban J connectivity index is 1.58. The maximum atomic E-state index is 15.2. The summed E-state index contributed by atoms with van der Waals surface area (Å²) < 4.78 is 15.2. The van der Waals surface area contributed by atoms with Crippen LogP contribution in [0.3, 0.4) is 0 Å². The molecule has 0 saturated heterocycles. The molecule has 0 spiro atoms. The van der Waals surface area contributed by atoms with Crippen LogP contribution >= 0.6 is 0 Å². The molecule has 1 amide bonds. The van der Waals surface area contributed by atoms with E-state index in [1.54, 1.807) is 24.0 Å². The molecule has 0 bridgehead atoms. The van der Waals surface area contributed by atoms with Gasteiger partial charge >= 0.3 is 0 Å². The van der Waals surface area contributed by atoms with Crippen LogP contribution in [0.25, 0.3) is 10.9 Å². The number of hydrogen-bond acceptors (Lipinski definition) is 7. The Morgan fingerprint density at radius 2 is 2.02 bits per heavy atom. The second-order valence-corrected chi connectivity index (χ2v) is 9.23. The number of rotatable bonds is 9. The fourth-order valence-electron chi connectivity index (χ4n) is 4.39. The van der Waals surface area contributed by atoms with Gasteiger partial charge in [0.25, 0.3) is 17.2 Å². The number of nitro benzene ring substituents is 1. The van der Waals surface area contributed by atoms with E-state index in [4.69, 9.17) is 6.42 Å². The fourth-order valence-corrected chi connectivity index (χ4v) is 4.39. The number of nitrogens with zero attached hydrogens (tertiary/aromatic N) is 3. The van der Waals surface area contributed by atoms with Crippen LogP contribution in [0.4, 0.5) is 15.8 Å². The molecule has 0 saturated carbocycles. The number of nitrogens with one attached hydrogen (secondary N) is 2. The number of aromatic nitrogens is 2. The van der Waals surface area contributed by atoms with E-state index in [1.165, 1.54) is 36.4 Å². The van der Waals surface area contributed by atoms with Crippen molar-refractivity contribution >= 4 is 28.2 Å². The SMILES string of the molecule is C#CCN(Cc1cc2c(=O)[nH]c(C)nc2cc1C)c1ccc(C(=O)NC(CO)c2cccc([N+](=O)[O-])c2)c(F)c1. The normalized spacial score (nSPS) is 11.6. The summed E-state index contributed by atoms with van der Waals surface area (Å²) in [6.07, 6.45) is 5.58. The molecular weight excluding hydrogens is 517 g/mol. The number of H-pyrrole nitrogens is 1. The second-order valence-electron chi connectivity index (χ2n) is 9.23. The molecule has 0 aliphatic carbocycles. The Hall–Kier alpha value is -5.08. The van der Waals surface area contributed by atoms with E-state index < -0.39 is 29.3 Å². The lowest BCUT2D eigenvalue weighted by atomic mass is 10.0. The Morgan fingerprint density at radius 3 is 2.70 bits per heavy atom. The van der Waals surface area contributed by atoms with Crippen LogP contribution in [-0.2, 0) is 6.54 Å². The van der Waals surface area contributed by atoms with E-state index in [0.29, 0.717) is 28.0 Å². The van der Waals surface area contributed by atoms with Crippen molar-refractivity contribution in [2.45, 2.75) is 26.4 Å². The molecule has 1 unspecified atom stereocenters. The minimum atomic E-state index is -0.985. The monoisotopic (exact) mass is 543 g/mol. The lowest BCUT2D eigenvalue weighted by molar-refractivity contribution is -0.384. The third-order valence-electron chi connectivity index (χ3n) is 6.46. The number of amides is 1. The predicted molar refractivity (Wildman–Crippen MR) is 149 cm³/mol. The average Bonchev–Trinajstić information content (AvgIpc) is 2.91. The highest BCUT2D eigenvalue weighted by Gasteiger charge is 2.21. The number of terminal acetylenes is 1. The Labute approximate surface area is 228 Å². The highest BCUT2D eigenvalue weighted by molar-refractivity contribution is 5.95. The number of aromatic amines is 1. The maximum Gasteiger partial charge on any atom is 0.269 e. The summed E-state index contributed by atoms with van der Waals surface area (Å²) in [4.78, 5) is 44.6. The minimum absolute atomic E-state index is 0.129. The number of carbonyl (C=O) groups excluding carboxylic acids is 1. The molecule has 1 atom stereocenters. The first-order valence-electron chi connectivity index (χ1n) is 12.3. The van der Waals surface area contributed by atoms with Gasteiger partial charge in [-0.15, -0.1) is 6.42 Å². The van der Waals surface area contributed by atoms with Gasteiger partial charge in [0.05, 0.1) is 40.6 Å². The van der Waals surface area contributed by atoms with Gasteiger partial charge in [0.1, 0.15) is 11.6 Å². The van der Waals surface area contributed by atoms with Gasteiger partial charge in [-0.25, -0.2) is 9.37 Å². The molecule has 0 fully saturated rings. The van der Waals surface area contributed by atoms with E-state index in [2.05, 4.69) is 21.2 Å². The van der Waals surface area contributed by atoms with Crippen molar-refractivity contribution in [3.63, 3.8) is 0 Å². The van der Waals surface area contributed by atoms with E-state index >= 15 is 4.39 Å². The van der Waals surface area contributed by atoms with Crippen molar-refractivity contribution < 1.29 is 19.2 Å². The van der Waals surface area contributed by atoms with Gasteiger partial charge in [-0.1, -0.05) is 18.1 Å². The Bertz CT molecular complexity index is 1710. The lowest BCUT2D eigenvalue weighted by Gasteiger charge is -2.24. The largest absolute Gasteiger partial charge is 0.394 e. The number of aliphatic hydroxyl groups is 1. The van der Waals surface area contributed by atoms with Crippen LogP contribution in [-0.4, -0.2) is 39.1 Å². The molecule has 10 nitrogen and oxygen atoms in total. The summed E-state index contributed by atoms with van der Waals surface area (Å²) in [6, 6.07) is 12.1. The van der Waals surface area contributed by atoms with Gasteiger partial charge in [0.15, 0.2) is 0 Å². The number of halogens is 1. The number of anilines is 1. The summed E-state index contributed by atoms with van der Waals surface area (Å²) in [6.45, 7) is 3.43. The number of aryl methyl sites for hydroxylation is 2. The van der Waals surface area contributed by atoms with Crippen molar-refractivity contribution in [3.05, 3.63) is 109 Å². The van der Waals surface area contributed by atoms with Crippen LogP contribution in [0.5, 0.6) is 0 Å². The van der Waals surface area contributed by atoms with Crippen LogP contribution in [0.2, 0.25) is 0 Å². The molecule has 1 heterocycles. The van der Waals surface area contributed by atoms with Gasteiger partial charge in [-0.2, -0.15) is 0 Å². The first kappa shape index (κ1) is 27.9. The van der Waals surface area contributed by atoms with Gasteiger partial charge in [0.2, 0.25) is 0 Å². The average molecular weight is 544 g/mol. The number of carbonyl (C=O) groups is 1. The molecule has 0 radical (unpaired) electrons. The van der Waals surface area contributed by atoms with Crippen molar-refractivity contribution in [2.75, 3.05) is 18.1 Å². The van der Waals surface area contributed by atoms with Crippen LogP contribution < -0.4 is 15.8 Å². The van der Waals surface area contributed by atoms with Gasteiger partial charge in [-0.3, -0.25) is 19.7 Å². The zero-order chi connectivity index (χ0) is 29.0. The second kappa shape index (κ2) is 11.8. The zero-order valence-electron chi connectivity index (χ0n) is 21.8. The van der Waals surface area contributed by atoms with Crippen LogP contribution in [0, 0.1) is 42.1 Å². The number of aliphatic hydroxyl groups excluding tert-OH is 1. The molecule has 204 valence electrons. The van der Waals surface area contributed by atoms with Crippen LogP contribution in [0.15, 0.2) is 59.4 Å². The topological polar surface area (TPSA) is 141 Å². The standard InChI is InChI=1S/C29H26FN5O5/c1-4-10-34(15-20-13-24-26(11-17(20)2)31-18(3)32-29(24)38)21-8-9-23(25(30)14-21)28(37)33-27(16-36)19-6-5-7-22(12-19)35(39)40/h1,5-9,11-14,27,36H,10,15-16H2,2-3H3,(H,33,37)(H,31,32,38). The predicted octanol–water partition coefficient (Wildman–Crippen LogP) is 3.69. The summed E-state index contributed by atoms with van der Waals surface area (Å²) in [7, 11) is 0. The smallest absolute Gasteiger partial charge is 0.269 e. The molecule has 3 aromatic carbocycles. The molecule has 3 N–H and O–H groups in total. The zero-order valence-corrected chi connectivity index (χ0v) is 21.8. The third kappa shape index (κ3) is 5.98. The van der Waals surface area contributed by atoms with Gasteiger partial charge < -0.3 is 20.3 Å². The Kier molecular flexibility index (Phi) is 8.21. The van der Waals surface area contributed by atoms with Crippen molar-refractivity contribution in [1.82, 2.24) is 15.3 Å². The molecule has 4 aromatic rings. The first-order chi connectivity index (χ1) is 19.1. The third-order valence-corrected chi connectivity index (χ3v) is 6.46. The molecule has 40 heavy (non-hydrogen) atoms. The van der Waals surface area contributed by atoms with E-state index in [1.807, 2.05) is 13.0 Å². The van der Waals surface area contributed by atoms with Crippen molar-refractivity contribution in [2.24, 2.45) is 0 Å². The lowest BCUT2D eigenvalue weighted by Crippen LogP contribution is -2.31. The number of non-ortho nitro benzene ring substituents is 1. The van der Waals surface area contributed by atoms with Gasteiger partial charge in [-0.05, 0) is 60.9 Å². The highest BCUT2D eigenvalue weighted by atomic mass is 19.1. The number of nitro groups is 1. The molecule has 0 aliphatic rings. The van der Waals surface area contributed by atoms with E-state index in [9.17, 15) is 24.8 Å². The van der Waals surface area contributed by atoms with Gasteiger partial charge in [0, 0.05) is 24.4 Å². The summed E-state index contributed by atoms with van der Waals surface area (Å²) in [5, 5.41) is 23.8. The van der Waals surface area contributed by atoms with Crippen LogP contribution in [0.1, 0.15) is 38.9 Å². The van der Waals surface area contributed by atoms with Crippen molar-refractivity contribution in [3.8, 4) is 12.3 Å². The minimum Gasteiger partial charge on any atom is -0.394 e. The van der Waals surface area contributed by atoms with E-state index in [-0.39, 0.29) is 29.9 Å². The summed E-state index contributed by atoms with van der Waals surface area (Å²) >= 11 is 0. The number of benzene rings is 3. The Morgan fingerprint density at radius 1 is 1.25 bits per heavy atom. The first-order valence-corrected chi connectivity index (χ1v) is 12.3.